The first-order valence-electron chi connectivity index (χ1n) is 12.3. The lowest BCUT2D eigenvalue weighted by atomic mass is 10.0. The van der Waals surface area contributed by atoms with E-state index in [1.54, 1.807) is 0 Å². The van der Waals surface area contributed by atoms with Crippen LogP contribution in [0.1, 0.15) is 23.7 Å². The van der Waals surface area contributed by atoms with Crippen molar-refractivity contribution >= 4 is 17.4 Å². The van der Waals surface area contributed by atoms with Gasteiger partial charge in [0.25, 0.3) is 5.88 Å². The zero-order valence-corrected chi connectivity index (χ0v) is 21.7. The lowest BCUT2D eigenvalue weighted by Crippen LogP contribution is -2.46. The third-order valence-electron chi connectivity index (χ3n) is 6.85. The second kappa shape index (κ2) is 9.90. The van der Waals surface area contributed by atoms with E-state index in [1.165, 1.54) is 22.5 Å². The molecule has 1 unspecified atom stereocenters. The van der Waals surface area contributed by atoms with Crippen molar-refractivity contribution in [1.29, 1.82) is 0 Å². The average Bonchev–Trinajstić information content (AvgIpc) is 3.20. The standard InChI is InChI=1S/C27H27FN4O5S/c1-3-34-23-22-29-14-19(32(22)31-25(30-23)38-2)27(33)24(28)26(36-16-18-12-8-5-9-13-18)20(21(26)37-27)35-15-17-10-6-4-7-11-17/h4-14,20-21,24,33H,3,15-16H2,1-2H3/t20?,21-,24-,26-,27+/m1/s1. The van der Waals surface area contributed by atoms with Crippen LogP contribution in [0.25, 0.3) is 5.65 Å². The Hall–Kier alpha value is -3.09. The number of thioether (sulfide) groups is 1. The van der Waals surface area contributed by atoms with Crippen LogP contribution in [0.2, 0.25) is 0 Å². The van der Waals surface area contributed by atoms with Crippen molar-refractivity contribution in [1.82, 2.24) is 19.6 Å². The molecule has 2 fully saturated rings. The van der Waals surface area contributed by atoms with Gasteiger partial charge in [-0.15, -0.1) is 5.10 Å². The molecule has 0 bridgehead atoms. The van der Waals surface area contributed by atoms with Crippen LogP contribution in [-0.2, 0) is 33.2 Å². The molecule has 38 heavy (non-hydrogen) atoms. The summed E-state index contributed by atoms with van der Waals surface area (Å²) in [4.78, 5) is 8.65. The highest BCUT2D eigenvalue weighted by atomic mass is 32.2. The van der Waals surface area contributed by atoms with Crippen LogP contribution in [0.5, 0.6) is 5.88 Å². The second-order valence-electron chi connectivity index (χ2n) is 9.16. The van der Waals surface area contributed by atoms with Gasteiger partial charge >= 0.3 is 0 Å². The molecule has 0 amide bonds. The quantitative estimate of drug-likeness (QED) is 0.303. The summed E-state index contributed by atoms with van der Waals surface area (Å²) < 4.78 is 41.8. The van der Waals surface area contributed by atoms with E-state index in [0.29, 0.717) is 11.8 Å². The maximum Gasteiger partial charge on any atom is 0.262 e. The third kappa shape index (κ3) is 4.05. The molecule has 0 radical (unpaired) electrons. The summed E-state index contributed by atoms with van der Waals surface area (Å²) in [5.41, 5.74) is 0.566. The number of fused-ring (bicyclic) bond motifs is 2. The molecule has 198 valence electrons. The number of hydrogen-bond acceptors (Lipinski definition) is 9. The molecule has 1 saturated heterocycles. The van der Waals surface area contributed by atoms with Crippen molar-refractivity contribution in [2.45, 2.75) is 55.1 Å². The molecule has 1 N–H and O–H groups in total. The largest absolute Gasteiger partial charge is 0.475 e. The van der Waals surface area contributed by atoms with Gasteiger partial charge in [-0.25, -0.2) is 13.9 Å². The molecule has 1 aliphatic heterocycles. The summed E-state index contributed by atoms with van der Waals surface area (Å²) in [7, 11) is 0. The molecular formula is C27H27FN4O5S. The first-order chi connectivity index (χ1) is 18.5. The van der Waals surface area contributed by atoms with E-state index < -0.39 is 29.8 Å². The predicted molar refractivity (Wildman–Crippen MR) is 136 cm³/mol. The van der Waals surface area contributed by atoms with Crippen LogP contribution >= 0.6 is 11.8 Å². The van der Waals surface area contributed by atoms with Crippen LogP contribution in [-0.4, -0.2) is 61.5 Å². The van der Waals surface area contributed by atoms with E-state index >= 15 is 4.39 Å². The molecule has 2 aliphatic rings. The zero-order valence-electron chi connectivity index (χ0n) is 20.9. The van der Waals surface area contributed by atoms with Crippen molar-refractivity contribution < 1.29 is 28.4 Å². The summed E-state index contributed by atoms with van der Waals surface area (Å²) >= 11 is 1.29. The monoisotopic (exact) mass is 538 g/mol. The lowest BCUT2D eigenvalue weighted by molar-refractivity contribution is -0.251. The van der Waals surface area contributed by atoms with E-state index in [9.17, 15) is 5.11 Å². The highest BCUT2D eigenvalue weighted by Crippen LogP contribution is 2.62. The highest BCUT2D eigenvalue weighted by molar-refractivity contribution is 7.98. The molecule has 5 atom stereocenters. The van der Waals surface area contributed by atoms with Crippen molar-refractivity contribution in [3.8, 4) is 5.88 Å². The van der Waals surface area contributed by atoms with Gasteiger partial charge in [-0.3, -0.25) is 0 Å². The van der Waals surface area contributed by atoms with E-state index in [0.717, 1.165) is 11.1 Å². The van der Waals surface area contributed by atoms with Gasteiger partial charge in [0.15, 0.2) is 11.8 Å². The number of aliphatic hydroxyl groups is 1. The van der Waals surface area contributed by atoms with Crippen molar-refractivity contribution in [3.05, 3.63) is 83.7 Å². The molecule has 2 aromatic heterocycles. The fraction of sp³-hybridized carbons (Fsp3) is 0.370. The number of rotatable bonds is 10. The zero-order chi connectivity index (χ0) is 26.3. The topological polar surface area (TPSA) is 100 Å². The fourth-order valence-electron chi connectivity index (χ4n) is 4.91. The fourth-order valence-corrected chi connectivity index (χ4v) is 5.25. The Morgan fingerprint density at radius 1 is 1.08 bits per heavy atom. The minimum atomic E-state index is -2.37. The molecule has 4 aromatic rings. The Balaban J connectivity index is 1.33. The van der Waals surface area contributed by atoms with Gasteiger partial charge in [0.1, 0.15) is 17.9 Å². The van der Waals surface area contributed by atoms with Gasteiger partial charge in [0.2, 0.25) is 16.6 Å². The Morgan fingerprint density at radius 2 is 1.76 bits per heavy atom. The van der Waals surface area contributed by atoms with E-state index in [1.807, 2.05) is 73.8 Å². The molecular weight excluding hydrogens is 511 g/mol. The lowest BCUT2D eigenvalue weighted by Gasteiger charge is -2.30. The summed E-state index contributed by atoms with van der Waals surface area (Å²) in [6, 6.07) is 19.0. The minimum Gasteiger partial charge on any atom is -0.475 e. The smallest absolute Gasteiger partial charge is 0.262 e. The molecule has 3 heterocycles. The maximum absolute atomic E-state index is 16.6. The number of nitrogens with zero attached hydrogens (tertiary/aromatic N) is 4. The van der Waals surface area contributed by atoms with Gasteiger partial charge in [-0.05, 0) is 24.3 Å². The first-order valence-corrected chi connectivity index (χ1v) is 13.5. The van der Waals surface area contributed by atoms with E-state index in [2.05, 4.69) is 15.1 Å². The molecule has 0 spiro atoms. The van der Waals surface area contributed by atoms with Crippen molar-refractivity contribution in [2.75, 3.05) is 12.9 Å². The first kappa shape index (κ1) is 25.2. The molecule has 1 aliphatic carbocycles. The van der Waals surface area contributed by atoms with Crippen LogP contribution in [0.15, 0.2) is 72.0 Å². The molecule has 1 saturated carbocycles. The minimum absolute atomic E-state index is 0.0235. The van der Waals surface area contributed by atoms with Gasteiger partial charge < -0.3 is 24.1 Å². The maximum atomic E-state index is 16.6. The van der Waals surface area contributed by atoms with Crippen molar-refractivity contribution in [3.63, 3.8) is 0 Å². The molecule has 9 nitrogen and oxygen atoms in total. The predicted octanol–water partition coefficient (Wildman–Crippen LogP) is 3.68. The number of hydrogen-bond donors (Lipinski definition) is 1. The Bertz CT molecular complexity index is 1430. The third-order valence-corrected chi connectivity index (χ3v) is 7.39. The SMILES string of the molecule is CCOc1nc(SC)nn2c([C@]3(O)O[C@@H]4C(OCc5ccccc5)[C@]4(OCc4ccccc4)[C@H]3F)cnc12. The van der Waals surface area contributed by atoms with Crippen LogP contribution in [0.4, 0.5) is 4.39 Å². The van der Waals surface area contributed by atoms with Crippen molar-refractivity contribution in [2.24, 2.45) is 0 Å². The summed E-state index contributed by atoms with van der Waals surface area (Å²) in [5, 5.41) is 16.5. The highest BCUT2D eigenvalue weighted by Gasteiger charge is 2.85. The number of aromatic nitrogens is 4. The summed E-state index contributed by atoms with van der Waals surface area (Å²) in [5.74, 6) is -2.14. The van der Waals surface area contributed by atoms with Gasteiger partial charge in [-0.2, -0.15) is 4.98 Å². The van der Waals surface area contributed by atoms with E-state index in [-0.39, 0.29) is 30.4 Å². The Labute approximate surface area is 222 Å². The molecule has 11 heteroatoms. The summed E-state index contributed by atoms with van der Waals surface area (Å²) in [6.07, 6.45) is -0.404. The van der Waals surface area contributed by atoms with Gasteiger partial charge in [0.05, 0.1) is 26.0 Å². The van der Waals surface area contributed by atoms with Gasteiger partial charge in [-0.1, -0.05) is 72.4 Å². The van der Waals surface area contributed by atoms with E-state index in [4.69, 9.17) is 18.9 Å². The Morgan fingerprint density at radius 3 is 2.42 bits per heavy atom. The number of imidazole rings is 1. The van der Waals surface area contributed by atoms with Crippen LogP contribution in [0.3, 0.4) is 0 Å². The number of alkyl halides is 1. The van der Waals surface area contributed by atoms with Gasteiger partial charge in [0, 0.05) is 0 Å². The van der Waals surface area contributed by atoms with Crippen LogP contribution in [0, 0.1) is 0 Å². The number of benzene rings is 2. The Kier molecular flexibility index (Phi) is 6.57. The summed E-state index contributed by atoms with van der Waals surface area (Å²) in [6.45, 7) is 2.56. The molecule has 6 rings (SSSR count). The second-order valence-corrected chi connectivity index (χ2v) is 9.93. The number of ether oxygens (including phenoxy) is 4. The molecule has 2 aromatic carbocycles. The number of halogens is 1. The normalized spacial score (nSPS) is 27.9. The van der Waals surface area contributed by atoms with Crippen LogP contribution < -0.4 is 4.74 Å². The average molecular weight is 539 g/mol.